The largest absolute Gasteiger partial charge is 0.497 e. The number of hydrogen-bond donors (Lipinski definition) is 1. The van der Waals surface area contributed by atoms with Crippen LogP contribution in [0.4, 0.5) is 23.1 Å². The normalized spacial score (nSPS) is 19.8. The first-order valence-electron chi connectivity index (χ1n) is 15.0. The standard InChI is InChI=1S/C32H33ClN10O/c1-40-11-9-22-19-41(12-10-27(22)40)28-14-21(15-34)13-26(29(28)33)37-32-38-31(30-36-17-24(16-35)43(30)39-32)42(23-5-6-23)18-20-3-7-25(44-2)8-4-20/h3-4,7-8,13-14,17,22-23,27H,5-6,9-12,18-19H2,1-2H3,(H,37,39). The zero-order valence-electron chi connectivity index (χ0n) is 24.7. The lowest BCUT2D eigenvalue weighted by atomic mass is 9.92. The summed E-state index contributed by atoms with van der Waals surface area (Å²) in [6.07, 6.45) is 5.81. The molecule has 2 aliphatic heterocycles. The highest BCUT2D eigenvalue weighted by molar-refractivity contribution is 6.36. The maximum absolute atomic E-state index is 9.93. The molecule has 12 heteroatoms. The van der Waals surface area contributed by atoms with Crippen LogP contribution in [-0.2, 0) is 6.54 Å². The van der Waals surface area contributed by atoms with Crippen molar-refractivity contribution in [3.63, 3.8) is 0 Å². The first-order chi connectivity index (χ1) is 21.4. The van der Waals surface area contributed by atoms with Gasteiger partial charge < -0.3 is 24.8 Å². The molecule has 0 radical (unpaired) electrons. The van der Waals surface area contributed by atoms with E-state index in [1.807, 2.05) is 30.3 Å². The molecule has 0 bridgehead atoms. The van der Waals surface area contributed by atoms with Crippen LogP contribution >= 0.6 is 11.6 Å². The van der Waals surface area contributed by atoms with Gasteiger partial charge in [-0.1, -0.05) is 23.7 Å². The number of hydrogen-bond acceptors (Lipinski definition) is 10. The number of nitriles is 2. The number of imidazole rings is 1. The molecule has 2 aromatic heterocycles. The second-order valence-electron chi connectivity index (χ2n) is 11.9. The van der Waals surface area contributed by atoms with Crippen LogP contribution in [-0.4, -0.2) is 70.4 Å². The summed E-state index contributed by atoms with van der Waals surface area (Å²) < 4.78 is 6.86. The summed E-state index contributed by atoms with van der Waals surface area (Å²) in [5.74, 6) is 2.26. The zero-order chi connectivity index (χ0) is 30.4. The second-order valence-corrected chi connectivity index (χ2v) is 12.3. The van der Waals surface area contributed by atoms with E-state index in [2.05, 4.69) is 49.3 Å². The van der Waals surface area contributed by atoms with Crippen molar-refractivity contribution >= 4 is 40.4 Å². The predicted octanol–water partition coefficient (Wildman–Crippen LogP) is 4.97. The molecule has 11 nitrogen and oxygen atoms in total. The van der Waals surface area contributed by atoms with Gasteiger partial charge in [0.05, 0.1) is 41.3 Å². The molecule has 4 heterocycles. The van der Waals surface area contributed by atoms with Gasteiger partial charge in [0.2, 0.25) is 5.95 Å². The monoisotopic (exact) mass is 608 g/mol. The lowest BCUT2D eigenvalue weighted by Gasteiger charge is -2.39. The van der Waals surface area contributed by atoms with Crippen molar-refractivity contribution in [2.45, 2.75) is 44.3 Å². The number of methoxy groups -OCH3 is 1. The first kappa shape index (κ1) is 28.2. The van der Waals surface area contributed by atoms with E-state index >= 15 is 0 Å². The van der Waals surface area contributed by atoms with Crippen LogP contribution in [0.25, 0.3) is 5.65 Å². The Morgan fingerprint density at radius 3 is 2.64 bits per heavy atom. The van der Waals surface area contributed by atoms with Gasteiger partial charge in [0, 0.05) is 31.7 Å². The van der Waals surface area contributed by atoms with Crippen molar-refractivity contribution in [3.05, 3.63) is 64.4 Å². The smallest absolute Gasteiger partial charge is 0.247 e. The van der Waals surface area contributed by atoms with Crippen LogP contribution in [0.3, 0.4) is 0 Å². The number of rotatable bonds is 8. The minimum Gasteiger partial charge on any atom is -0.497 e. The van der Waals surface area contributed by atoms with E-state index in [9.17, 15) is 10.5 Å². The van der Waals surface area contributed by atoms with Crippen molar-refractivity contribution in [1.82, 2.24) is 24.5 Å². The zero-order valence-corrected chi connectivity index (χ0v) is 25.5. The molecule has 2 atom stereocenters. The van der Waals surface area contributed by atoms with Crippen molar-refractivity contribution < 1.29 is 4.74 Å². The van der Waals surface area contributed by atoms with Crippen LogP contribution < -0.4 is 19.9 Å². The van der Waals surface area contributed by atoms with E-state index in [1.165, 1.54) is 10.7 Å². The molecule has 2 unspecified atom stereocenters. The molecule has 2 aromatic carbocycles. The molecule has 3 aliphatic rings. The number of nitrogens with zero attached hydrogens (tertiary/aromatic N) is 9. The molecule has 3 fully saturated rings. The Morgan fingerprint density at radius 2 is 1.91 bits per heavy atom. The van der Waals surface area contributed by atoms with Crippen LogP contribution in [0.5, 0.6) is 5.75 Å². The van der Waals surface area contributed by atoms with Gasteiger partial charge in [-0.05, 0) is 75.0 Å². The third kappa shape index (κ3) is 5.23. The van der Waals surface area contributed by atoms with Gasteiger partial charge in [-0.25, -0.2) is 4.98 Å². The summed E-state index contributed by atoms with van der Waals surface area (Å²) in [6, 6.07) is 16.9. The highest BCUT2D eigenvalue weighted by Crippen LogP contribution is 2.40. The fourth-order valence-corrected chi connectivity index (χ4v) is 6.91. The molecular weight excluding hydrogens is 576 g/mol. The minimum absolute atomic E-state index is 0.265. The van der Waals surface area contributed by atoms with Gasteiger partial charge in [-0.2, -0.15) is 20.0 Å². The van der Waals surface area contributed by atoms with E-state index in [1.54, 1.807) is 13.2 Å². The maximum Gasteiger partial charge on any atom is 0.247 e. The highest BCUT2D eigenvalue weighted by Gasteiger charge is 2.37. The highest BCUT2D eigenvalue weighted by atomic mass is 35.5. The van der Waals surface area contributed by atoms with Crippen molar-refractivity contribution in [2.75, 3.05) is 48.9 Å². The quantitative estimate of drug-likeness (QED) is 0.293. The summed E-state index contributed by atoms with van der Waals surface area (Å²) in [5.41, 5.74) is 3.79. The Morgan fingerprint density at radius 1 is 1.09 bits per heavy atom. The molecule has 1 saturated carbocycles. The summed E-state index contributed by atoms with van der Waals surface area (Å²) in [4.78, 5) is 16.5. The van der Waals surface area contributed by atoms with Crippen molar-refractivity contribution in [2.24, 2.45) is 5.92 Å². The Balaban J connectivity index is 1.25. The molecule has 0 spiro atoms. The number of likely N-dealkylation sites (tertiary alicyclic amines) is 1. The number of ether oxygens (including phenoxy) is 1. The number of fused-ring (bicyclic) bond motifs is 2. The van der Waals surface area contributed by atoms with Crippen LogP contribution in [0, 0.1) is 28.6 Å². The van der Waals surface area contributed by atoms with Crippen molar-refractivity contribution in [3.8, 4) is 17.9 Å². The number of anilines is 4. The van der Waals surface area contributed by atoms with E-state index in [-0.39, 0.29) is 5.95 Å². The molecule has 224 valence electrons. The van der Waals surface area contributed by atoms with Crippen LogP contribution in [0.2, 0.25) is 5.02 Å². The second kappa shape index (κ2) is 11.5. The van der Waals surface area contributed by atoms with Crippen LogP contribution in [0.1, 0.15) is 42.5 Å². The lowest BCUT2D eigenvalue weighted by Crippen LogP contribution is -2.45. The third-order valence-electron chi connectivity index (χ3n) is 9.11. The molecule has 1 aliphatic carbocycles. The molecule has 44 heavy (non-hydrogen) atoms. The fourth-order valence-electron chi connectivity index (χ4n) is 6.63. The minimum atomic E-state index is 0.265. The first-order valence-corrected chi connectivity index (χ1v) is 15.3. The van der Waals surface area contributed by atoms with Gasteiger partial charge in [0.15, 0.2) is 17.2 Å². The fraction of sp³-hybridized carbons (Fsp3) is 0.406. The Kier molecular flexibility index (Phi) is 7.37. The predicted molar refractivity (Wildman–Crippen MR) is 169 cm³/mol. The Labute approximate surface area is 261 Å². The number of aromatic nitrogens is 4. The van der Waals surface area contributed by atoms with Gasteiger partial charge in [0.1, 0.15) is 11.8 Å². The molecule has 0 amide bonds. The number of benzene rings is 2. The molecule has 2 saturated heterocycles. The summed E-state index contributed by atoms with van der Waals surface area (Å²) >= 11 is 7.07. The number of nitrogens with one attached hydrogen (secondary N) is 1. The average molecular weight is 609 g/mol. The van der Waals surface area contributed by atoms with E-state index in [0.717, 1.165) is 62.3 Å². The van der Waals surface area contributed by atoms with Gasteiger partial charge >= 0.3 is 0 Å². The van der Waals surface area contributed by atoms with E-state index in [4.69, 9.17) is 21.3 Å². The van der Waals surface area contributed by atoms with Gasteiger partial charge in [-0.15, -0.1) is 5.10 Å². The SMILES string of the molecule is COc1ccc(CN(c2nc(Nc3cc(C#N)cc(N4CCC5C(CCN5C)C4)c3Cl)nn3c(C#N)cnc23)C2CC2)cc1. The topological polar surface area (TPSA) is 122 Å². The summed E-state index contributed by atoms with van der Waals surface area (Å²) in [5, 5.41) is 28.2. The van der Waals surface area contributed by atoms with Crippen molar-refractivity contribution in [1.29, 1.82) is 10.5 Å². The number of halogens is 1. The lowest BCUT2D eigenvalue weighted by molar-refractivity contribution is 0.239. The maximum atomic E-state index is 9.93. The molecule has 1 N–H and O–H groups in total. The Bertz CT molecular complexity index is 1790. The van der Waals surface area contributed by atoms with E-state index < -0.39 is 0 Å². The summed E-state index contributed by atoms with van der Waals surface area (Å²) in [7, 11) is 3.86. The van der Waals surface area contributed by atoms with Gasteiger partial charge in [0.25, 0.3) is 0 Å². The average Bonchev–Trinajstić information content (AvgIpc) is 3.71. The van der Waals surface area contributed by atoms with Crippen LogP contribution in [0.15, 0.2) is 42.6 Å². The van der Waals surface area contributed by atoms with Gasteiger partial charge in [-0.3, -0.25) is 0 Å². The number of piperidine rings is 1. The third-order valence-corrected chi connectivity index (χ3v) is 9.51. The van der Waals surface area contributed by atoms with E-state index in [0.29, 0.717) is 58.0 Å². The summed E-state index contributed by atoms with van der Waals surface area (Å²) in [6.45, 7) is 3.49. The molecule has 7 rings (SSSR count). The molecular formula is C32H33ClN10O. The Hall–Kier alpha value is -4.58. The molecule has 4 aromatic rings.